The molecule has 0 spiro atoms. The van der Waals surface area contributed by atoms with Crippen molar-refractivity contribution in [2.75, 3.05) is 12.3 Å². The Labute approximate surface area is 121 Å². The Bertz CT molecular complexity index is 522. The maximum atomic E-state index is 5.79. The maximum Gasteiger partial charge on any atom is 0.122 e. The molecule has 0 heterocycles. The number of nitrogens with two attached hydrogens (primary N) is 1. The van der Waals surface area contributed by atoms with E-state index < -0.39 is 0 Å². The lowest BCUT2D eigenvalue weighted by molar-refractivity contribution is 0.303. The Hall–Kier alpha value is -1.96. The molecule has 0 radical (unpaired) electrons. The van der Waals surface area contributed by atoms with Gasteiger partial charge in [-0.3, -0.25) is 0 Å². The van der Waals surface area contributed by atoms with Gasteiger partial charge in [-0.1, -0.05) is 30.3 Å². The van der Waals surface area contributed by atoms with Crippen LogP contribution in [0.3, 0.4) is 0 Å². The van der Waals surface area contributed by atoms with Gasteiger partial charge in [0.2, 0.25) is 0 Å². The average molecular weight is 269 g/mol. The van der Waals surface area contributed by atoms with Crippen LogP contribution in [-0.4, -0.2) is 6.61 Å². The van der Waals surface area contributed by atoms with Gasteiger partial charge in [0, 0.05) is 5.69 Å². The summed E-state index contributed by atoms with van der Waals surface area (Å²) >= 11 is 0. The number of hydrogen-bond acceptors (Lipinski definition) is 2. The lowest BCUT2D eigenvalue weighted by Crippen LogP contribution is -1.99. The van der Waals surface area contributed by atoms with Crippen molar-refractivity contribution in [2.45, 2.75) is 32.6 Å². The summed E-state index contributed by atoms with van der Waals surface area (Å²) in [5.74, 6) is 0.947. The third kappa shape index (κ3) is 4.61. The Morgan fingerprint density at radius 2 is 1.75 bits per heavy atom. The van der Waals surface area contributed by atoms with Gasteiger partial charge in [-0.05, 0) is 61.9 Å². The molecular weight excluding hydrogens is 246 g/mol. The first-order valence-corrected chi connectivity index (χ1v) is 7.28. The van der Waals surface area contributed by atoms with Gasteiger partial charge in [-0.25, -0.2) is 0 Å². The molecule has 0 atom stereocenters. The van der Waals surface area contributed by atoms with Crippen LogP contribution in [0.2, 0.25) is 0 Å². The van der Waals surface area contributed by atoms with Crippen LogP contribution in [0.4, 0.5) is 5.69 Å². The molecule has 2 heteroatoms. The van der Waals surface area contributed by atoms with Crippen molar-refractivity contribution in [3.8, 4) is 5.75 Å². The van der Waals surface area contributed by atoms with Crippen LogP contribution in [-0.2, 0) is 6.42 Å². The van der Waals surface area contributed by atoms with Crippen molar-refractivity contribution < 1.29 is 4.74 Å². The summed E-state index contributed by atoms with van der Waals surface area (Å²) in [6.45, 7) is 2.81. The minimum Gasteiger partial charge on any atom is -0.493 e. The molecule has 0 aromatic heterocycles. The Morgan fingerprint density at radius 1 is 0.950 bits per heavy atom. The van der Waals surface area contributed by atoms with Crippen molar-refractivity contribution in [1.29, 1.82) is 0 Å². The zero-order valence-corrected chi connectivity index (χ0v) is 12.1. The van der Waals surface area contributed by atoms with Crippen LogP contribution in [0.5, 0.6) is 5.75 Å². The Morgan fingerprint density at radius 3 is 2.50 bits per heavy atom. The molecule has 20 heavy (non-hydrogen) atoms. The molecule has 0 saturated heterocycles. The van der Waals surface area contributed by atoms with E-state index in [1.807, 2.05) is 25.1 Å². The Balaban J connectivity index is 1.62. The van der Waals surface area contributed by atoms with Crippen molar-refractivity contribution >= 4 is 5.69 Å². The van der Waals surface area contributed by atoms with Gasteiger partial charge in [0.25, 0.3) is 0 Å². The fraction of sp³-hybridized carbons (Fsp3) is 0.333. The predicted octanol–water partition coefficient (Wildman–Crippen LogP) is 4.37. The third-order valence-electron chi connectivity index (χ3n) is 3.41. The summed E-state index contributed by atoms with van der Waals surface area (Å²) in [6.07, 6.45) is 4.66. The van der Waals surface area contributed by atoms with E-state index >= 15 is 0 Å². The molecule has 2 N–H and O–H groups in total. The van der Waals surface area contributed by atoms with E-state index in [2.05, 4.69) is 30.3 Å². The quantitative estimate of drug-likeness (QED) is 0.598. The molecule has 0 bridgehead atoms. The molecule has 0 aliphatic rings. The number of hydrogen-bond donors (Lipinski definition) is 1. The lowest BCUT2D eigenvalue weighted by atomic mass is 10.1. The second-order valence-electron chi connectivity index (χ2n) is 5.17. The van der Waals surface area contributed by atoms with Gasteiger partial charge >= 0.3 is 0 Å². The molecule has 2 aromatic carbocycles. The number of aryl methyl sites for hydroxylation is 2. The zero-order valence-electron chi connectivity index (χ0n) is 12.1. The highest BCUT2D eigenvalue weighted by atomic mass is 16.5. The summed E-state index contributed by atoms with van der Waals surface area (Å²) < 4.78 is 5.79. The largest absolute Gasteiger partial charge is 0.493 e. The molecule has 0 fully saturated rings. The molecule has 2 rings (SSSR count). The van der Waals surface area contributed by atoms with Gasteiger partial charge in [-0.2, -0.15) is 0 Å². The van der Waals surface area contributed by atoms with Crippen LogP contribution >= 0.6 is 0 Å². The van der Waals surface area contributed by atoms with E-state index in [0.717, 1.165) is 36.4 Å². The van der Waals surface area contributed by atoms with Crippen molar-refractivity contribution in [2.24, 2.45) is 0 Å². The monoisotopic (exact) mass is 269 g/mol. The molecule has 0 unspecified atom stereocenters. The molecule has 0 saturated carbocycles. The molecule has 2 nitrogen and oxygen atoms in total. The zero-order chi connectivity index (χ0) is 14.2. The van der Waals surface area contributed by atoms with Gasteiger partial charge in [0.05, 0.1) is 6.61 Å². The van der Waals surface area contributed by atoms with E-state index in [4.69, 9.17) is 10.5 Å². The molecule has 0 aliphatic heterocycles. The third-order valence-corrected chi connectivity index (χ3v) is 3.41. The van der Waals surface area contributed by atoms with E-state index in [9.17, 15) is 0 Å². The summed E-state index contributed by atoms with van der Waals surface area (Å²) in [5, 5.41) is 0. The van der Waals surface area contributed by atoms with Crippen LogP contribution in [0.15, 0.2) is 48.5 Å². The first-order valence-electron chi connectivity index (χ1n) is 7.28. The van der Waals surface area contributed by atoms with Crippen LogP contribution in [0.25, 0.3) is 0 Å². The lowest BCUT2D eigenvalue weighted by Gasteiger charge is -2.09. The smallest absolute Gasteiger partial charge is 0.122 e. The summed E-state index contributed by atoms with van der Waals surface area (Å²) in [6, 6.07) is 16.4. The van der Waals surface area contributed by atoms with Crippen molar-refractivity contribution in [1.82, 2.24) is 0 Å². The molecule has 0 aliphatic carbocycles. The number of anilines is 1. The van der Waals surface area contributed by atoms with Crippen molar-refractivity contribution in [3.63, 3.8) is 0 Å². The van der Waals surface area contributed by atoms with Crippen LogP contribution in [0.1, 0.15) is 30.4 Å². The normalized spacial score (nSPS) is 10.4. The maximum absolute atomic E-state index is 5.79. The second-order valence-corrected chi connectivity index (χ2v) is 5.17. The van der Waals surface area contributed by atoms with E-state index in [0.29, 0.717) is 0 Å². The number of benzene rings is 2. The van der Waals surface area contributed by atoms with Gasteiger partial charge in [0.15, 0.2) is 0 Å². The summed E-state index contributed by atoms with van der Waals surface area (Å²) in [4.78, 5) is 0. The van der Waals surface area contributed by atoms with Crippen molar-refractivity contribution in [3.05, 3.63) is 59.7 Å². The molecule has 2 aromatic rings. The minimum atomic E-state index is 0.777. The summed E-state index contributed by atoms with van der Waals surface area (Å²) in [5.41, 5.74) is 9.04. The topological polar surface area (TPSA) is 35.2 Å². The average Bonchev–Trinajstić information content (AvgIpc) is 2.46. The molecule has 106 valence electrons. The first-order chi connectivity index (χ1) is 9.75. The van der Waals surface area contributed by atoms with E-state index in [1.165, 1.54) is 18.4 Å². The van der Waals surface area contributed by atoms with E-state index in [1.54, 1.807) is 0 Å². The number of ether oxygens (including phenoxy) is 1. The molecule has 0 amide bonds. The van der Waals surface area contributed by atoms with E-state index in [-0.39, 0.29) is 0 Å². The molecular formula is C18H23NO. The van der Waals surface area contributed by atoms with Gasteiger partial charge in [-0.15, -0.1) is 0 Å². The summed E-state index contributed by atoms with van der Waals surface area (Å²) in [7, 11) is 0. The predicted molar refractivity (Wildman–Crippen MR) is 85.1 cm³/mol. The Kier molecular flexibility index (Phi) is 5.48. The highest BCUT2D eigenvalue weighted by molar-refractivity contribution is 5.47. The number of rotatable bonds is 7. The second kappa shape index (κ2) is 7.59. The standard InChI is InChI=1S/C18H23NO/c1-15-14-17(19)11-12-18(15)20-13-7-3-6-10-16-8-4-2-5-9-16/h2,4-5,8-9,11-12,14H,3,6-7,10,13,19H2,1H3. The fourth-order valence-electron chi connectivity index (χ4n) is 2.27. The first kappa shape index (κ1) is 14.4. The SMILES string of the molecule is Cc1cc(N)ccc1OCCCCCc1ccccc1. The van der Waals surface area contributed by atoms with Gasteiger partial charge < -0.3 is 10.5 Å². The number of unbranched alkanes of at least 4 members (excludes halogenated alkanes) is 2. The fourth-order valence-corrected chi connectivity index (χ4v) is 2.27. The van der Waals surface area contributed by atoms with Crippen LogP contribution < -0.4 is 10.5 Å². The minimum absolute atomic E-state index is 0.777. The van der Waals surface area contributed by atoms with Gasteiger partial charge in [0.1, 0.15) is 5.75 Å². The van der Waals surface area contributed by atoms with Crippen LogP contribution in [0, 0.1) is 6.92 Å². The highest BCUT2D eigenvalue weighted by Crippen LogP contribution is 2.20. The highest BCUT2D eigenvalue weighted by Gasteiger charge is 1.99. The number of nitrogen functional groups attached to an aromatic ring is 1.